The molecule has 0 amide bonds. The predicted molar refractivity (Wildman–Crippen MR) is 58.0 cm³/mol. The minimum atomic E-state index is 0.670. The van der Waals surface area contributed by atoms with Crippen molar-refractivity contribution in [2.24, 2.45) is 0 Å². The monoisotopic (exact) mass is 177 g/mol. The van der Waals surface area contributed by atoms with Crippen LogP contribution in [0.3, 0.4) is 0 Å². The molecule has 0 unspecified atom stereocenters. The van der Waals surface area contributed by atoms with Gasteiger partial charge in [0.2, 0.25) is 0 Å². The van der Waals surface area contributed by atoms with Crippen LogP contribution in [0, 0.1) is 0 Å². The number of hydrogen-bond acceptors (Lipinski definition) is 1. The molecule has 0 fully saturated rings. The molecule has 0 N–H and O–H groups in total. The van der Waals surface area contributed by atoms with Gasteiger partial charge in [-0.2, -0.15) is 0 Å². The van der Waals surface area contributed by atoms with Crippen molar-refractivity contribution in [3.05, 3.63) is 35.9 Å². The standard InChI is InChI=1S/C12H19N/c1-11(9-10-13(2)3)12-7-5-4-6-8-12/h4-8,11H,9-10H2,1-3H3/t11-/m0/s1. The normalized spacial score (nSPS) is 13.2. The van der Waals surface area contributed by atoms with E-state index in [-0.39, 0.29) is 0 Å². The molecule has 1 atom stereocenters. The minimum Gasteiger partial charge on any atom is -0.309 e. The van der Waals surface area contributed by atoms with E-state index in [1.165, 1.54) is 12.0 Å². The third-order valence-corrected chi connectivity index (χ3v) is 2.38. The van der Waals surface area contributed by atoms with E-state index < -0.39 is 0 Å². The molecule has 0 aliphatic rings. The first-order valence-corrected chi connectivity index (χ1v) is 4.90. The van der Waals surface area contributed by atoms with Crippen molar-refractivity contribution < 1.29 is 0 Å². The number of hydrogen-bond donors (Lipinski definition) is 0. The molecule has 1 aromatic carbocycles. The summed E-state index contributed by atoms with van der Waals surface area (Å²) in [5.74, 6) is 0.670. The molecule has 13 heavy (non-hydrogen) atoms. The highest BCUT2D eigenvalue weighted by molar-refractivity contribution is 5.18. The fraction of sp³-hybridized carbons (Fsp3) is 0.500. The van der Waals surface area contributed by atoms with Gasteiger partial charge in [0.15, 0.2) is 0 Å². The van der Waals surface area contributed by atoms with Crippen LogP contribution < -0.4 is 0 Å². The first kappa shape index (κ1) is 10.3. The van der Waals surface area contributed by atoms with Crippen molar-refractivity contribution in [2.75, 3.05) is 20.6 Å². The zero-order valence-electron chi connectivity index (χ0n) is 8.83. The molecule has 0 aliphatic heterocycles. The van der Waals surface area contributed by atoms with Gasteiger partial charge in [-0.3, -0.25) is 0 Å². The molecule has 0 radical (unpaired) electrons. The molecular formula is C12H19N. The topological polar surface area (TPSA) is 3.24 Å². The predicted octanol–water partition coefficient (Wildman–Crippen LogP) is 2.74. The molecule has 0 saturated carbocycles. The molecule has 0 aliphatic carbocycles. The molecule has 0 aromatic heterocycles. The van der Waals surface area contributed by atoms with E-state index in [0.717, 1.165) is 6.54 Å². The van der Waals surface area contributed by atoms with Gasteiger partial charge in [-0.05, 0) is 38.5 Å². The van der Waals surface area contributed by atoms with E-state index in [0.29, 0.717) is 5.92 Å². The van der Waals surface area contributed by atoms with Gasteiger partial charge >= 0.3 is 0 Å². The largest absolute Gasteiger partial charge is 0.309 e. The zero-order chi connectivity index (χ0) is 9.68. The van der Waals surface area contributed by atoms with Crippen LogP contribution in [-0.4, -0.2) is 25.5 Å². The Bertz CT molecular complexity index is 228. The Balaban J connectivity index is 2.44. The SMILES string of the molecule is C[C@@H](CCN(C)C)c1ccccc1. The molecule has 72 valence electrons. The molecule has 1 aromatic rings. The third-order valence-electron chi connectivity index (χ3n) is 2.38. The van der Waals surface area contributed by atoms with Crippen molar-refractivity contribution in [2.45, 2.75) is 19.3 Å². The van der Waals surface area contributed by atoms with Gasteiger partial charge in [0, 0.05) is 0 Å². The smallest absolute Gasteiger partial charge is 0.00191 e. The summed E-state index contributed by atoms with van der Waals surface area (Å²) in [6.07, 6.45) is 1.23. The average Bonchev–Trinajstić information content (AvgIpc) is 2.15. The molecule has 1 nitrogen and oxygen atoms in total. The molecule has 0 bridgehead atoms. The highest BCUT2D eigenvalue weighted by atomic mass is 15.0. The number of rotatable bonds is 4. The molecule has 0 heterocycles. The summed E-state index contributed by atoms with van der Waals surface area (Å²) in [4.78, 5) is 2.24. The Hall–Kier alpha value is -0.820. The van der Waals surface area contributed by atoms with E-state index in [9.17, 15) is 0 Å². The summed E-state index contributed by atoms with van der Waals surface area (Å²) in [7, 11) is 4.25. The zero-order valence-corrected chi connectivity index (χ0v) is 8.83. The van der Waals surface area contributed by atoms with Crippen LogP contribution in [0.25, 0.3) is 0 Å². The summed E-state index contributed by atoms with van der Waals surface area (Å²) in [6.45, 7) is 3.45. The fourth-order valence-corrected chi connectivity index (χ4v) is 1.40. The minimum absolute atomic E-state index is 0.670. The maximum atomic E-state index is 2.29. The molecule has 1 rings (SSSR count). The third kappa shape index (κ3) is 3.60. The van der Waals surface area contributed by atoms with Crippen molar-refractivity contribution >= 4 is 0 Å². The van der Waals surface area contributed by atoms with Gasteiger partial charge in [0.1, 0.15) is 0 Å². The second-order valence-electron chi connectivity index (χ2n) is 3.90. The summed E-state index contributed by atoms with van der Waals surface area (Å²) in [5.41, 5.74) is 1.45. The number of benzene rings is 1. The Labute approximate surface area is 81.4 Å². The van der Waals surface area contributed by atoms with E-state index in [2.05, 4.69) is 56.3 Å². The lowest BCUT2D eigenvalue weighted by molar-refractivity contribution is 0.386. The quantitative estimate of drug-likeness (QED) is 0.683. The number of nitrogens with zero attached hydrogens (tertiary/aromatic N) is 1. The highest BCUT2D eigenvalue weighted by Crippen LogP contribution is 2.17. The summed E-state index contributed by atoms with van der Waals surface area (Å²) in [5, 5.41) is 0. The Kier molecular flexibility index (Phi) is 3.97. The van der Waals surface area contributed by atoms with Crippen molar-refractivity contribution in [3.8, 4) is 0 Å². The maximum absolute atomic E-state index is 2.29. The summed E-state index contributed by atoms with van der Waals surface area (Å²) in [6, 6.07) is 10.7. The Morgan fingerprint density at radius 2 is 1.77 bits per heavy atom. The van der Waals surface area contributed by atoms with Gasteiger partial charge < -0.3 is 4.90 Å². The second-order valence-corrected chi connectivity index (χ2v) is 3.90. The van der Waals surface area contributed by atoms with Crippen molar-refractivity contribution in [3.63, 3.8) is 0 Å². The lowest BCUT2D eigenvalue weighted by Crippen LogP contribution is -2.14. The first-order valence-electron chi connectivity index (χ1n) is 4.90. The van der Waals surface area contributed by atoms with Crippen LogP contribution in [0.4, 0.5) is 0 Å². The van der Waals surface area contributed by atoms with E-state index >= 15 is 0 Å². The molecular weight excluding hydrogens is 158 g/mol. The van der Waals surface area contributed by atoms with Gasteiger partial charge in [0.05, 0.1) is 0 Å². The van der Waals surface area contributed by atoms with Gasteiger partial charge in [-0.15, -0.1) is 0 Å². The second kappa shape index (κ2) is 5.03. The maximum Gasteiger partial charge on any atom is -0.00191 e. The summed E-state index contributed by atoms with van der Waals surface area (Å²) < 4.78 is 0. The Morgan fingerprint density at radius 1 is 1.15 bits per heavy atom. The molecule has 1 heteroatoms. The molecule has 0 spiro atoms. The fourth-order valence-electron chi connectivity index (χ4n) is 1.40. The van der Waals surface area contributed by atoms with Gasteiger partial charge in [-0.1, -0.05) is 37.3 Å². The average molecular weight is 177 g/mol. The lowest BCUT2D eigenvalue weighted by atomic mass is 9.98. The van der Waals surface area contributed by atoms with E-state index in [1.54, 1.807) is 0 Å². The first-order chi connectivity index (χ1) is 6.20. The van der Waals surface area contributed by atoms with Crippen molar-refractivity contribution in [1.29, 1.82) is 0 Å². The van der Waals surface area contributed by atoms with Crippen LogP contribution in [0.2, 0.25) is 0 Å². The van der Waals surface area contributed by atoms with Crippen LogP contribution in [0.1, 0.15) is 24.8 Å². The summed E-state index contributed by atoms with van der Waals surface area (Å²) >= 11 is 0. The van der Waals surface area contributed by atoms with E-state index in [1.807, 2.05) is 0 Å². The van der Waals surface area contributed by atoms with Crippen LogP contribution in [-0.2, 0) is 0 Å². The van der Waals surface area contributed by atoms with Gasteiger partial charge in [0.25, 0.3) is 0 Å². The van der Waals surface area contributed by atoms with Crippen molar-refractivity contribution in [1.82, 2.24) is 4.90 Å². The van der Waals surface area contributed by atoms with Crippen LogP contribution in [0.15, 0.2) is 30.3 Å². The van der Waals surface area contributed by atoms with Gasteiger partial charge in [-0.25, -0.2) is 0 Å². The molecule has 0 saturated heterocycles. The van der Waals surface area contributed by atoms with Crippen LogP contribution in [0.5, 0.6) is 0 Å². The Morgan fingerprint density at radius 3 is 2.31 bits per heavy atom. The van der Waals surface area contributed by atoms with E-state index in [4.69, 9.17) is 0 Å². The highest BCUT2D eigenvalue weighted by Gasteiger charge is 2.04. The van der Waals surface area contributed by atoms with Crippen LogP contribution >= 0.6 is 0 Å². The lowest BCUT2D eigenvalue weighted by Gasteiger charge is -2.15.